The normalized spacial score (nSPS) is 15.1. The number of halogens is 4. The lowest BCUT2D eigenvalue weighted by Gasteiger charge is -2.20. The Morgan fingerprint density at radius 3 is 2.65 bits per heavy atom. The first-order valence-corrected chi connectivity index (χ1v) is 15.6. The third kappa shape index (κ3) is 7.06. The standard InChI is InChI=1S/C36H30ClF3N4O4/c1-48-35(46)16-22-9-12-28-23-5-4-6-24(17-23)29(7-2-3-8-34(45)42-31(28)15-22)33-13-10-25(20-44(33)47)30-18-27(37)11-14-32(30)43-21-26(19-41-43)36(38,39)40/h4-6,9-15,17-21,29H,2-3,7-8,16H2,1H3,(H,42,45)/t29-/m0/s1. The minimum absolute atomic E-state index is 0.0640. The Kier molecular flexibility index (Phi) is 9.23. The van der Waals surface area contributed by atoms with Crippen molar-refractivity contribution in [3.63, 3.8) is 0 Å². The molecule has 0 fully saturated rings. The lowest BCUT2D eigenvalue weighted by atomic mass is 9.87. The van der Waals surface area contributed by atoms with E-state index in [1.807, 2.05) is 36.4 Å². The van der Waals surface area contributed by atoms with E-state index in [1.54, 1.807) is 36.4 Å². The second kappa shape index (κ2) is 13.5. The molecular weight excluding hydrogens is 645 g/mol. The van der Waals surface area contributed by atoms with Gasteiger partial charge >= 0.3 is 12.1 Å². The summed E-state index contributed by atoms with van der Waals surface area (Å²) in [7, 11) is 1.32. The zero-order valence-electron chi connectivity index (χ0n) is 25.8. The van der Waals surface area contributed by atoms with Crippen LogP contribution in [0.4, 0.5) is 18.9 Å². The lowest BCUT2D eigenvalue weighted by molar-refractivity contribution is -0.614. The maximum absolute atomic E-state index is 13.8. The van der Waals surface area contributed by atoms with Crippen LogP contribution >= 0.6 is 11.6 Å². The molecule has 0 aliphatic carbocycles. The number of ether oxygens (including phenoxy) is 1. The lowest BCUT2D eigenvalue weighted by Crippen LogP contribution is -2.33. The second-order valence-corrected chi connectivity index (χ2v) is 12.0. The Labute approximate surface area is 279 Å². The van der Waals surface area contributed by atoms with E-state index in [4.69, 9.17) is 16.3 Å². The van der Waals surface area contributed by atoms with Crippen LogP contribution in [0.3, 0.4) is 0 Å². The fraction of sp³-hybridized carbons (Fsp3) is 0.222. The molecule has 12 heteroatoms. The van der Waals surface area contributed by atoms with Gasteiger partial charge in [-0.15, -0.1) is 0 Å². The SMILES string of the molecule is COC(=O)Cc1ccc2c(c1)NC(=O)CCCC[C@H](c1ccc(-c3cc(Cl)ccc3-n3cc(C(F)(F)F)cn3)c[n+]1[O-])c1cccc-2c1. The Morgan fingerprint density at radius 1 is 1.06 bits per heavy atom. The summed E-state index contributed by atoms with van der Waals surface area (Å²) in [5, 5.41) is 21.0. The first-order chi connectivity index (χ1) is 23.0. The summed E-state index contributed by atoms with van der Waals surface area (Å²) in [6.45, 7) is 0. The molecule has 3 heterocycles. The molecule has 6 rings (SSSR count). The molecule has 8 nitrogen and oxygen atoms in total. The Balaban J connectivity index is 1.38. The molecule has 1 N–H and O–H groups in total. The number of nitrogens with zero attached hydrogens (tertiary/aromatic N) is 3. The molecule has 0 saturated carbocycles. The van der Waals surface area contributed by atoms with Crippen LogP contribution in [0.2, 0.25) is 5.02 Å². The van der Waals surface area contributed by atoms with Crippen LogP contribution in [0, 0.1) is 5.21 Å². The molecule has 2 bridgehead atoms. The van der Waals surface area contributed by atoms with Crippen molar-refractivity contribution in [3.8, 4) is 27.9 Å². The van der Waals surface area contributed by atoms with Gasteiger partial charge in [-0.25, -0.2) is 4.68 Å². The highest BCUT2D eigenvalue weighted by Gasteiger charge is 2.32. The van der Waals surface area contributed by atoms with E-state index in [1.165, 1.54) is 13.3 Å². The van der Waals surface area contributed by atoms with Crippen molar-refractivity contribution in [2.45, 2.75) is 44.2 Å². The molecular formula is C36H30ClF3N4O4. The van der Waals surface area contributed by atoms with E-state index < -0.39 is 11.7 Å². The van der Waals surface area contributed by atoms with Gasteiger partial charge < -0.3 is 15.3 Å². The number of benzene rings is 3. The summed E-state index contributed by atoms with van der Waals surface area (Å²) in [6.07, 6.45) is 0.661. The summed E-state index contributed by atoms with van der Waals surface area (Å²) in [4.78, 5) is 24.8. The van der Waals surface area contributed by atoms with E-state index in [2.05, 4.69) is 10.4 Å². The van der Waals surface area contributed by atoms with E-state index >= 15 is 0 Å². The van der Waals surface area contributed by atoms with Crippen molar-refractivity contribution in [1.29, 1.82) is 0 Å². The van der Waals surface area contributed by atoms with E-state index in [0.717, 1.165) is 38.5 Å². The van der Waals surface area contributed by atoms with Crippen LogP contribution in [0.15, 0.2) is 91.4 Å². The minimum atomic E-state index is -4.56. The molecule has 1 aliphatic heterocycles. The number of hydrogen-bond donors (Lipinski definition) is 1. The first-order valence-electron chi connectivity index (χ1n) is 15.3. The van der Waals surface area contributed by atoms with Gasteiger partial charge in [-0.2, -0.15) is 23.0 Å². The first kappa shape index (κ1) is 32.8. The molecule has 1 aliphatic rings. The number of anilines is 1. The number of rotatable bonds is 5. The zero-order valence-corrected chi connectivity index (χ0v) is 26.5. The maximum Gasteiger partial charge on any atom is 0.419 e. The zero-order chi connectivity index (χ0) is 34.0. The number of carbonyl (C=O) groups is 2. The van der Waals surface area contributed by atoms with E-state index in [9.17, 15) is 28.0 Å². The molecule has 5 aromatic rings. The minimum Gasteiger partial charge on any atom is -0.618 e. The van der Waals surface area contributed by atoms with Gasteiger partial charge in [-0.05, 0) is 59.9 Å². The highest BCUT2D eigenvalue weighted by Crippen LogP contribution is 2.37. The smallest absolute Gasteiger partial charge is 0.419 e. The van der Waals surface area contributed by atoms with Crippen LogP contribution < -0.4 is 10.0 Å². The molecule has 0 spiro atoms. The number of carbonyl (C=O) groups excluding carboxylic acids is 2. The van der Waals surface area contributed by atoms with Gasteiger partial charge in [0, 0.05) is 46.1 Å². The summed E-state index contributed by atoms with van der Waals surface area (Å²) >= 11 is 6.29. The molecule has 1 amide bonds. The molecule has 48 heavy (non-hydrogen) atoms. The summed E-state index contributed by atoms with van der Waals surface area (Å²) in [6, 6.07) is 21.4. The predicted octanol–water partition coefficient (Wildman–Crippen LogP) is 7.87. The summed E-state index contributed by atoms with van der Waals surface area (Å²) in [5.41, 5.74) is 4.57. The number of fused-ring (bicyclic) bond motifs is 4. The van der Waals surface area contributed by atoms with Crippen LogP contribution in [-0.2, 0) is 26.9 Å². The van der Waals surface area contributed by atoms with Gasteiger partial charge in [-0.3, -0.25) is 9.59 Å². The van der Waals surface area contributed by atoms with Crippen LogP contribution in [0.1, 0.15) is 54.0 Å². The summed E-state index contributed by atoms with van der Waals surface area (Å²) < 4.78 is 46.6. The molecule has 0 saturated heterocycles. The van der Waals surface area contributed by atoms with Crippen LogP contribution in [-0.4, -0.2) is 28.8 Å². The molecule has 1 atom stereocenters. The molecule has 3 aromatic carbocycles. The molecule has 2 aromatic heterocycles. The van der Waals surface area contributed by atoms with E-state index in [0.29, 0.717) is 58.0 Å². The van der Waals surface area contributed by atoms with Crippen molar-refractivity contribution < 1.29 is 32.2 Å². The molecule has 0 radical (unpaired) electrons. The number of pyridine rings is 1. The van der Waals surface area contributed by atoms with Crippen molar-refractivity contribution in [1.82, 2.24) is 9.78 Å². The Bertz CT molecular complexity index is 2010. The quantitative estimate of drug-likeness (QED) is 0.116. The summed E-state index contributed by atoms with van der Waals surface area (Å²) in [5.74, 6) is -0.861. The average Bonchev–Trinajstić information content (AvgIpc) is 3.56. The number of hydrogen-bond acceptors (Lipinski definition) is 5. The Hall–Kier alpha value is -5.16. The second-order valence-electron chi connectivity index (χ2n) is 11.6. The van der Waals surface area contributed by atoms with Gasteiger partial charge in [0.15, 0.2) is 11.9 Å². The van der Waals surface area contributed by atoms with Crippen molar-refractivity contribution in [2.24, 2.45) is 0 Å². The van der Waals surface area contributed by atoms with Crippen molar-refractivity contribution in [2.75, 3.05) is 12.4 Å². The number of esters is 1. The van der Waals surface area contributed by atoms with Crippen molar-refractivity contribution in [3.05, 3.63) is 124 Å². The third-order valence-corrected chi connectivity index (χ3v) is 8.64. The van der Waals surface area contributed by atoms with Gasteiger partial charge in [0.05, 0.1) is 36.9 Å². The number of methoxy groups -OCH3 is 1. The number of alkyl halides is 3. The topological polar surface area (TPSA) is 100 Å². The predicted molar refractivity (Wildman–Crippen MR) is 175 cm³/mol. The monoisotopic (exact) mass is 674 g/mol. The fourth-order valence-corrected chi connectivity index (χ4v) is 6.18. The number of nitrogens with one attached hydrogen (secondary N) is 1. The maximum atomic E-state index is 13.8. The van der Waals surface area contributed by atoms with Crippen LogP contribution in [0.5, 0.6) is 0 Å². The largest absolute Gasteiger partial charge is 0.618 e. The van der Waals surface area contributed by atoms with E-state index in [-0.39, 0.29) is 30.6 Å². The molecule has 246 valence electrons. The number of amides is 1. The van der Waals surface area contributed by atoms with Gasteiger partial charge in [-0.1, -0.05) is 54.4 Å². The number of aromatic nitrogens is 3. The van der Waals surface area contributed by atoms with Crippen LogP contribution in [0.25, 0.3) is 27.9 Å². The Morgan fingerprint density at radius 2 is 1.90 bits per heavy atom. The third-order valence-electron chi connectivity index (χ3n) is 8.41. The van der Waals surface area contributed by atoms with Crippen molar-refractivity contribution >= 4 is 29.2 Å². The van der Waals surface area contributed by atoms with Gasteiger partial charge in [0.1, 0.15) is 0 Å². The highest BCUT2D eigenvalue weighted by molar-refractivity contribution is 6.31. The average molecular weight is 675 g/mol. The highest BCUT2D eigenvalue weighted by atomic mass is 35.5. The molecule has 0 unspecified atom stereocenters. The van der Waals surface area contributed by atoms with Gasteiger partial charge in [0.25, 0.3) is 0 Å². The van der Waals surface area contributed by atoms with Gasteiger partial charge in [0.2, 0.25) is 5.91 Å². The fourth-order valence-electron chi connectivity index (χ4n) is 6.01.